The predicted molar refractivity (Wildman–Crippen MR) is 122 cm³/mol. The first kappa shape index (κ1) is 22.1. The number of hydrogen-bond acceptors (Lipinski definition) is 5. The molecular weight excluding hydrogens is 443 g/mol. The number of fused-ring (bicyclic) bond motifs is 1. The fourth-order valence-corrected chi connectivity index (χ4v) is 4.27. The summed E-state index contributed by atoms with van der Waals surface area (Å²) in [5.41, 5.74) is -0.614. The monoisotopic (exact) mass is 468 g/mol. The molecule has 1 aromatic carbocycles. The van der Waals surface area contributed by atoms with Crippen molar-refractivity contribution < 1.29 is 19.1 Å². The number of amides is 3. The molecule has 11 heteroatoms. The summed E-state index contributed by atoms with van der Waals surface area (Å²) in [7, 11) is 0. The van der Waals surface area contributed by atoms with Crippen molar-refractivity contribution >= 4 is 28.8 Å². The maximum atomic E-state index is 13.3. The van der Waals surface area contributed by atoms with Gasteiger partial charge in [-0.2, -0.15) is 5.10 Å². The average Bonchev–Trinajstić information content (AvgIpc) is 3.56. The van der Waals surface area contributed by atoms with Crippen molar-refractivity contribution in [3.05, 3.63) is 59.0 Å². The normalized spacial score (nSPS) is 17.5. The molecular formula is C23H25FN6O4. The van der Waals surface area contributed by atoms with Gasteiger partial charge in [-0.25, -0.2) is 13.7 Å². The Kier molecular flexibility index (Phi) is 5.56. The Hall–Kier alpha value is -3.73. The van der Waals surface area contributed by atoms with Crippen LogP contribution in [-0.4, -0.2) is 54.8 Å². The third-order valence-electron chi connectivity index (χ3n) is 6.33. The number of carbonyl (C=O) groups excluding carboxylic acids is 2. The number of hydrogen-bond donors (Lipinski definition) is 3. The highest BCUT2D eigenvalue weighted by Crippen LogP contribution is 2.33. The largest absolute Gasteiger partial charge is 0.388 e. The molecule has 2 fully saturated rings. The van der Waals surface area contributed by atoms with Gasteiger partial charge >= 0.3 is 6.03 Å². The molecule has 1 saturated carbocycles. The molecule has 0 radical (unpaired) electrons. The summed E-state index contributed by atoms with van der Waals surface area (Å²) in [5.74, 6) is -0.163. The van der Waals surface area contributed by atoms with Gasteiger partial charge < -0.3 is 20.6 Å². The molecule has 1 aliphatic heterocycles. The third kappa shape index (κ3) is 4.65. The zero-order chi connectivity index (χ0) is 23.9. The highest BCUT2D eigenvalue weighted by atomic mass is 19.1. The maximum Gasteiger partial charge on any atom is 0.323 e. The van der Waals surface area contributed by atoms with E-state index in [1.165, 1.54) is 45.9 Å². The van der Waals surface area contributed by atoms with E-state index < -0.39 is 17.4 Å². The molecule has 1 saturated heterocycles. The SMILES string of the molecule is O=C(Nc1cccc(F)c1)Nc1cc2c(=O)n(CC3(O)CCN(C(=O)C4CC4)CC3)cnn2c1. The van der Waals surface area contributed by atoms with Crippen LogP contribution < -0.4 is 16.2 Å². The summed E-state index contributed by atoms with van der Waals surface area (Å²) in [4.78, 5) is 39.3. The molecule has 2 aliphatic rings. The Morgan fingerprint density at radius 3 is 2.59 bits per heavy atom. The van der Waals surface area contributed by atoms with Crippen LogP contribution >= 0.6 is 0 Å². The van der Waals surface area contributed by atoms with Gasteiger partial charge in [0.2, 0.25) is 5.91 Å². The minimum atomic E-state index is -1.11. The predicted octanol–water partition coefficient (Wildman–Crippen LogP) is 2.04. The summed E-state index contributed by atoms with van der Waals surface area (Å²) in [6.07, 6.45) is 5.51. The Morgan fingerprint density at radius 2 is 1.88 bits per heavy atom. The first-order valence-electron chi connectivity index (χ1n) is 11.2. The van der Waals surface area contributed by atoms with Crippen LogP contribution in [0.5, 0.6) is 0 Å². The first-order chi connectivity index (χ1) is 16.3. The zero-order valence-corrected chi connectivity index (χ0v) is 18.4. The topological polar surface area (TPSA) is 121 Å². The van der Waals surface area contributed by atoms with Crippen molar-refractivity contribution in [2.24, 2.45) is 5.92 Å². The van der Waals surface area contributed by atoms with E-state index in [-0.39, 0.29) is 29.4 Å². The molecule has 10 nitrogen and oxygen atoms in total. The van der Waals surface area contributed by atoms with Gasteiger partial charge in [0.05, 0.1) is 24.0 Å². The Morgan fingerprint density at radius 1 is 1.15 bits per heavy atom. The van der Waals surface area contributed by atoms with E-state index in [1.54, 1.807) is 11.0 Å². The van der Waals surface area contributed by atoms with E-state index in [2.05, 4.69) is 15.7 Å². The van der Waals surface area contributed by atoms with E-state index in [0.29, 0.717) is 37.3 Å². The van der Waals surface area contributed by atoms with E-state index in [9.17, 15) is 23.9 Å². The van der Waals surface area contributed by atoms with Crippen LogP contribution in [0.25, 0.3) is 5.52 Å². The van der Waals surface area contributed by atoms with Gasteiger partial charge in [0, 0.05) is 24.7 Å². The summed E-state index contributed by atoms with van der Waals surface area (Å²) in [6, 6.07) is 6.38. The molecule has 0 unspecified atom stereocenters. The van der Waals surface area contributed by atoms with Crippen LogP contribution in [-0.2, 0) is 11.3 Å². The second-order valence-corrected chi connectivity index (χ2v) is 9.04. The van der Waals surface area contributed by atoms with Gasteiger partial charge in [-0.3, -0.25) is 14.2 Å². The molecule has 0 atom stereocenters. The third-order valence-corrected chi connectivity index (χ3v) is 6.33. The summed E-state index contributed by atoms with van der Waals surface area (Å²) < 4.78 is 16.0. The van der Waals surface area contributed by atoms with E-state index in [4.69, 9.17) is 0 Å². The van der Waals surface area contributed by atoms with E-state index >= 15 is 0 Å². The molecule has 3 N–H and O–H groups in total. The lowest BCUT2D eigenvalue weighted by Gasteiger charge is -2.38. The number of aromatic nitrogens is 3. The standard InChI is InChI=1S/C23H25FN6O4/c24-16-2-1-3-17(10-16)26-22(33)27-18-11-19-21(32)29(14-25-30(19)12-18)13-23(34)6-8-28(9-7-23)20(31)15-4-5-15/h1-3,10-12,14-15,34H,4-9,13H2,(H2,26,27,33). The minimum Gasteiger partial charge on any atom is -0.388 e. The Balaban J connectivity index is 1.26. The van der Waals surface area contributed by atoms with Crippen LogP contribution in [0.4, 0.5) is 20.6 Å². The number of urea groups is 1. The molecule has 3 heterocycles. The number of carbonyl (C=O) groups is 2. The molecule has 178 valence electrons. The van der Waals surface area contributed by atoms with Crippen LogP contribution in [0.1, 0.15) is 25.7 Å². The Labute approximate surface area is 194 Å². The van der Waals surface area contributed by atoms with E-state index in [0.717, 1.165) is 12.8 Å². The van der Waals surface area contributed by atoms with Gasteiger partial charge in [0.1, 0.15) is 17.7 Å². The average molecular weight is 468 g/mol. The van der Waals surface area contributed by atoms with Gasteiger partial charge in [-0.15, -0.1) is 0 Å². The van der Waals surface area contributed by atoms with Crippen LogP contribution in [0.3, 0.4) is 0 Å². The van der Waals surface area contributed by atoms with Crippen molar-refractivity contribution in [1.29, 1.82) is 0 Å². The number of rotatable bonds is 5. The lowest BCUT2D eigenvalue weighted by Crippen LogP contribution is -2.50. The van der Waals surface area contributed by atoms with Crippen LogP contribution in [0, 0.1) is 11.7 Å². The molecule has 1 aliphatic carbocycles. The molecule has 34 heavy (non-hydrogen) atoms. The molecule has 0 spiro atoms. The second-order valence-electron chi connectivity index (χ2n) is 9.04. The zero-order valence-electron chi connectivity index (χ0n) is 18.4. The van der Waals surface area contributed by atoms with Crippen molar-refractivity contribution in [2.45, 2.75) is 37.8 Å². The fraction of sp³-hybridized carbons (Fsp3) is 0.391. The number of likely N-dealkylation sites (tertiary alicyclic amines) is 1. The molecule has 3 amide bonds. The van der Waals surface area contributed by atoms with Crippen LogP contribution in [0.15, 0.2) is 47.7 Å². The molecule has 3 aromatic rings. The summed E-state index contributed by atoms with van der Waals surface area (Å²) in [6.45, 7) is 1.00. The van der Waals surface area contributed by atoms with Crippen molar-refractivity contribution in [3.63, 3.8) is 0 Å². The second kappa shape index (κ2) is 8.56. The van der Waals surface area contributed by atoms with Crippen molar-refractivity contribution in [2.75, 3.05) is 23.7 Å². The van der Waals surface area contributed by atoms with E-state index in [1.807, 2.05) is 0 Å². The fourth-order valence-electron chi connectivity index (χ4n) is 4.27. The maximum absolute atomic E-state index is 13.3. The number of aliphatic hydroxyl groups is 1. The van der Waals surface area contributed by atoms with Gasteiger partial charge in [-0.05, 0) is 49.9 Å². The summed E-state index contributed by atoms with van der Waals surface area (Å²) in [5, 5.41) is 20.4. The van der Waals surface area contributed by atoms with Gasteiger partial charge in [-0.1, -0.05) is 6.07 Å². The van der Waals surface area contributed by atoms with Gasteiger partial charge in [0.15, 0.2) is 0 Å². The van der Waals surface area contributed by atoms with Crippen molar-refractivity contribution in [3.8, 4) is 0 Å². The van der Waals surface area contributed by atoms with Crippen molar-refractivity contribution in [1.82, 2.24) is 19.1 Å². The first-order valence-corrected chi connectivity index (χ1v) is 11.2. The van der Waals surface area contributed by atoms with Gasteiger partial charge in [0.25, 0.3) is 5.56 Å². The molecule has 2 aromatic heterocycles. The number of piperidine rings is 1. The highest BCUT2D eigenvalue weighted by molar-refractivity contribution is 6.00. The highest BCUT2D eigenvalue weighted by Gasteiger charge is 2.39. The number of anilines is 2. The summed E-state index contributed by atoms with van der Waals surface area (Å²) >= 11 is 0. The molecule has 5 rings (SSSR count). The quantitative estimate of drug-likeness (QED) is 0.529. The lowest BCUT2D eigenvalue weighted by atomic mass is 9.91. The lowest BCUT2D eigenvalue weighted by molar-refractivity contribution is -0.137. The Bertz CT molecular complexity index is 1310. The number of nitrogens with one attached hydrogen (secondary N) is 2. The minimum absolute atomic E-state index is 0.0643. The molecule has 0 bridgehead atoms. The number of benzene rings is 1. The number of nitrogens with zero attached hydrogens (tertiary/aromatic N) is 4. The number of halogens is 1. The van der Waals surface area contributed by atoms with Crippen LogP contribution in [0.2, 0.25) is 0 Å². The smallest absolute Gasteiger partial charge is 0.323 e.